The van der Waals surface area contributed by atoms with E-state index in [1.54, 1.807) is 48.5 Å². The van der Waals surface area contributed by atoms with Crippen molar-refractivity contribution in [1.82, 2.24) is 5.32 Å². The summed E-state index contributed by atoms with van der Waals surface area (Å²) in [5.74, 6) is -0.906. The normalized spacial score (nSPS) is 10.9. The van der Waals surface area contributed by atoms with Gasteiger partial charge in [-0.2, -0.15) is 0 Å². The van der Waals surface area contributed by atoms with Crippen molar-refractivity contribution in [3.63, 3.8) is 0 Å². The first-order chi connectivity index (χ1) is 15.6. The third-order valence-electron chi connectivity index (χ3n) is 5.23. The molecule has 0 heterocycles. The van der Waals surface area contributed by atoms with Crippen LogP contribution in [0.4, 0.5) is 11.4 Å². The second-order valence-electron chi connectivity index (χ2n) is 8.91. The molecule has 6 nitrogen and oxygen atoms in total. The van der Waals surface area contributed by atoms with Crippen LogP contribution in [-0.2, 0) is 10.2 Å². The number of anilines is 2. The van der Waals surface area contributed by atoms with E-state index in [1.165, 1.54) is 0 Å². The summed E-state index contributed by atoms with van der Waals surface area (Å²) in [7, 11) is 0. The van der Waals surface area contributed by atoms with E-state index in [2.05, 4.69) is 36.7 Å². The minimum absolute atomic E-state index is 0.00184. The van der Waals surface area contributed by atoms with Gasteiger partial charge in [0, 0.05) is 22.5 Å². The quantitative estimate of drug-likeness (QED) is 0.506. The summed E-state index contributed by atoms with van der Waals surface area (Å²) in [5.41, 5.74) is 4.14. The molecule has 0 aliphatic carbocycles. The Morgan fingerprint density at radius 2 is 1.39 bits per heavy atom. The molecule has 0 aromatic heterocycles. The number of rotatable bonds is 6. The smallest absolute Gasteiger partial charge is 0.255 e. The SMILES string of the molecule is Cc1ccc(NC(=O)c2ccccc2)cc1NC(=O)CNC(=O)c1ccc(C(C)(C)C)cc1. The minimum atomic E-state index is -0.357. The fourth-order valence-corrected chi connectivity index (χ4v) is 3.21. The Bertz CT molecular complexity index is 1150. The van der Waals surface area contributed by atoms with Crippen LogP contribution in [-0.4, -0.2) is 24.3 Å². The average molecular weight is 444 g/mol. The number of carbonyl (C=O) groups excluding carboxylic acids is 3. The minimum Gasteiger partial charge on any atom is -0.343 e. The summed E-state index contributed by atoms with van der Waals surface area (Å²) in [4.78, 5) is 37.2. The molecule has 3 rings (SSSR count). The van der Waals surface area contributed by atoms with Crippen molar-refractivity contribution in [3.8, 4) is 0 Å². The summed E-state index contributed by atoms with van der Waals surface area (Å²) in [6.07, 6.45) is 0. The highest BCUT2D eigenvalue weighted by atomic mass is 16.2. The van der Waals surface area contributed by atoms with Gasteiger partial charge in [0.2, 0.25) is 5.91 Å². The number of nitrogens with one attached hydrogen (secondary N) is 3. The Morgan fingerprint density at radius 3 is 2.03 bits per heavy atom. The number of amides is 3. The molecule has 0 saturated carbocycles. The zero-order chi connectivity index (χ0) is 24.0. The number of carbonyl (C=O) groups is 3. The van der Waals surface area contributed by atoms with Gasteiger partial charge >= 0.3 is 0 Å². The van der Waals surface area contributed by atoms with Gasteiger partial charge in [-0.05, 0) is 59.9 Å². The third kappa shape index (κ3) is 6.53. The average Bonchev–Trinajstić information content (AvgIpc) is 2.79. The van der Waals surface area contributed by atoms with Gasteiger partial charge in [0.15, 0.2) is 0 Å². The van der Waals surface area contributed by atoms with Crippen LogP contribution in [0.2, 0.25) is 0 Å². The summed E-state index contributed by atoms with van der Waals surface area (Å²) >= 11 is 0. The van der Waals surface area contributed by atoms with Crippen LogP contribution >= 0.6 is 0 Å². The molecule has 33 heavy (non-hydrogen) atoms. The van der Waals surface area contributed by atoms with Crippen molar-refractivity contribution in [2.75, 3.05) is 17.2 Å². The van der Waals surface area contributed by atoms with Gasteiger partial charge in [-0.15, -0.1) is 0 Å². The number of benzene rings is 3. The summed E-state index contributed by atoms with van der Waals surface area (Å²) in [6, 6.07) is 21.5. The first kappa shape index (κ1) is 23.7. The molecule has 6 heteroatoms. The fraction of sp³-hybridized carbons (Fsp3) is 0.222. The number of hydrogen-bond acceptors (Lipinski definition) is 3. The summed E-state index contributed by atoms with van der Waals surface area (Å²) in [6.45, 7) is 8.01. The van der Waals surface area contributed by atoms with E-state index in [-0.39, 0.29) is 29.7 Å². The molecule has 0 unspecified atom stereocenters. The second kappa shape index (κ2) is 10.1. The molecule has 0 atom stereocenters. The van der Waals surface area contributed by atoms with E-state index in [0.29, 0.717) is 22.5 Å². The highest BCUT2D eigenvalue weighted by molar-refractivity contribution is 6.05. The summed E-state index contributed by atoms with van der Waals surface area (Å²) in [5, 5.41) is 8.26. The van der Waals surface area contributed by atoms with Gasteiger partial charge in [-0.25, -0.2) is 0 Å². The molecule has 0 aliphatic heterocycles. The van der Waals surface area contributed by atoms with E-state index >= 15 is 0 Å². The maximum atomic E-state index is 12.4. The van der Waals surface area contributed by atoms with Gasteiger partial charge in [0.1, 0.15) is 0 Å². The number of aryl methyl sites for hydroxylation is 1. The van der Waals surface area contributed by atoms with E-state index in [4.69, 9.17) is 0 Å². The molecule has 0 radical (unpaired) electrons. The predicted octanol–water partition coefficient (Wildman–Crippen LogP) is 4.91. The van der Waals surface area contributed by atoms with E-state index in [9.17, 15) is 14.4 Å². The van der Waals surface area contributed by atoms with Crippen LogP contribution in [0.15, 0.2) is 72.8 Å². The van der Waals surface area contributed by atoms with Gasteiger partial charge in [0.25, 0.3) is 11.8 Å². The van der Waals surface area contributed by atoms with Crippen LogP contribution in [0, 0.1) is 6.92 Å². The maximum Gasteiger partial charge on any atom is 0.255 e. The van der Waals surface area contributed by atoms with E-state index < -0.39 is 0 Å². The van der Waals surface area contributed by atoms with Crippen LogP contribution in [0.3, 0.4) is 0 Å². The van der Waals surface area contributed by atoms with Crippen LogP contribution in [0.25, 0.3) is 0 Å². The molecule has 0 spiro atoms. The Kier molecular flexibility index (Phi) is 7.28. The van der Waals surface area contributed by atoms with Crippen LogP contribution in [0.5, 0.6) is 0 Å². The Morgan fingerprint density at radius 1 is 0.758 bits per heavy atom. The lowest BCUT2D eigenvalue weighted by molar-refractivity contribution is -0.115. The largest absolute Gasteiger partial charge is 0.343 e. The highest BCUT2D eigenvalue weighted by Gasteiger charge is 2.15. The van der Waals surface area contributed by atoms with Gasteiger partial charge in [-0.1, -0.05) is 57.2 Å². The first-order valence-electron chi connectivity index (χ1n) is 10.8. The molecule has 3 aromatic rings. The van der Waals surface area contributed by atoms with Crippen molar-refractivity contribution in [2.24, 2.45) is 0 Å². The molecule has 0 bridgehead atoms. The van der Waals surface area contributed by atoms with E-state index in [1.807, 2.05) is 31.2 Å². The van der Waals surface area contributed by atoms with Crippen LogP contribution < -0.4 is 16.0 Å². The topological polar surface area (TPSA) is 87.3 Å². The number of hydrogen-bond donors (Lipinski definition) is 3. The van der Waals surface area contributed by atoms with Gasteiger partial charge < -0.3 is 16.0 Å². The molecule has 3 amide bonds. The third-order valence-corrected chi connectivity index (χ3v) is 5.23. The fourth-order valence-electron chi connectivity index (χ4n) is 3.21. The Hall–Kier alpha value is -3.93. The standard InChI is InChI=1S/C27H29N3O3/c1-18-10-15-22(29-26(33)19-8-6-5-7-9-19)16-23(18)30-24(31)17-28-25(32)20-11-13-21(14-12-20)27(2,3)4/h5-16H,17H2,1-4H3,(H,28,32)(H,29,33)(H,30,31). The maximum absolute atomic E-state index is 12.4. The molecule has 0 saturated heterocycles. The predicted molar refractivity (Wildman–Crippen MR) is 132 cm³/mol. The molecule has 0 aliphatic rings. The van der Waals surface area contributed by atoms with Crippen LogP contribution in [0.1, 0.15) is 52.6 Å². The van der Waals surface area contributed by atoms with Crippen molar-refractivity contribution in [2.45, 2.75) is 33.1 Å². The zero-order valence-corrected chi connectivity index (χ0v) is 19.4. The highest BCUT2D eigenvalue weighted by Crippen LogP contribution is 2.22. The Balaban J connectivity index is 1.58. The molecular formula is C27H29N3O3. The lowest BCUT2D eigenvalue weighted by atomic mass is 9.87. The molecule has 3 N–H and O–H groups in total. The van der Waals surface area contributed by atoms with Crippen molar-refractivity contribution >= 4 is 29.1 Å². The van der Waals surface area contributed by atoms with Crippen molar-refractivity contribution < 1.29 is 14.4 Å². The van der Waals surface area contributed by atoms with Gasteiger partial charge in [0.05, 0.1) is 6.54 Å². The summed E-state index contributed by atoms with van der Waals surface area (Å²) < 4.78 is 0. The van der Waals surface area contributed by atoms with Crippen molar-refractivity contribution in [1.29, 1.82) is 0 Å². The molecule has 0 fully saturated rings. The Labute approximate surface area is 194 Å². The molecule has 170 valence electrons. The van der Waals surface area contributed by atoms with E-state index in [0.717, 1.165) is 11.1 Å². The lowest BCUT2D eigenvalue weighted by Crippen LogP contribution is -2.33. The first-order valence-corrected chi connectivity index (χ1v) is 10.8. The monoisotopic (exact) mass is 443 g/mol. The van der Waals surface area contributed by atoms with Gasteiger partial charge in [-0.3, -0.25) is 14.4 Å². The molecule has 3 aromatic carbocycles. The lowest BCUT2D eigenvalue weighted by Gasteiger charge is -2.19. The van der Waals surface area contributed by atoms with Crippen molar-refractivity contribution in [3.05, 3.63) is 95.1 Å². The zero-order valence-electron chi connectivity index (χ0n) is 19.4. The molecular weight excluding hydrogens is 414 g/mol. The second-order valence-corrected chi connectivity index (χ2v) is 8.91.